The maximum absolute atomic E-state index is 11.8. The number of halogens is 1. The first-order valence-corrected chi connectivity index (χ1v) is 5.97. The number of nitrogens with two attached hydrogens (primary N) is 1. The number of nitrogens with zero attached hydrogens (tertiary/aromatic N) is 1. The lowest BCUT2D eigenvalue weighted by atomic mass is 10.3. The van der Waals surface area contributed by atoms with E-state index in [-0.39, 0.29) is 24.4 Å². The number of hydrogen-bond acceptors (Lipinski definition) is 3. The lowest BCUT2D eigenvalue weighted by Gasteiger charge is -2.15. The van der Waals surface area contributed by atoms with Gasteiger partial charge in [0.05, 0.1) is 13.0 Å². The Morgan fingerprint density at radius 3 is 2.72 bits per heavy atom. The molecule has 1 aromatic carbocycles. The van der Waals surface area contributed by atoms with E-state index in [1.807, 2.05) is 35.2 Å². The van der Waals surface area contributed by atoms with Crippen LogP contribution in [0.3, 0.4) is 0 Å². The maximum Gasteiger partial charge on any atom is 0.226 e. The highest BCUT2D eigenvalue weighted by molar-refractivity contribution is 5.85. The van der Waals surface area contributed by atoms with Gasteiger partial charge in [-0.05, 0) is 18.6 Å². The number of hydrogen-bond donors (Lipinski definition) is 1. The Morgan fingerprint density at radius 2 is 2.11 bits per heavy atom. The summed E-state index contributed by atoms with van der Waals surface area (Å²) >= 11 is 0. The number of ether oxygens (including phenoxy) is 1. The highest BCUT2D eigenvalue weighted by Gasteiger charge is 2.22. The first-order valence-electron chi connectivity index (χ1n) is 5.97. The Bertz CT molecular complexity index is 373. The van der Waals surface area contributed by atoms with E-state index < -0.39 is 0 Å². The third-order valence-electron chi connectivity index (χ3n) is 2.91. The molecule has 1 saturated heterocycles. The molecule has 5 heteroatoms. The molecule has 1 atom stereocenters. The Hall–Kier alpha value is -1.26. The lowest BCUT2D eigenvalue weighted by Crippen LogP contribution is -2.32. The summed E-state index contributed by atoms with van der Waals surface area (Å²) in [6.07, 6.45) is 1.33. The molecule has 1 fully saturated rings. The average molecular weight is 271 g/mol. The molecular weight excluding hydrogens is 252 g/mol. The molecule has 0 aliphatic carbocycles. The van der Waals surface area contributed by atoms with Gasteiger partial charge in [-0.3, -0.25) is 4.79 Å². The van der Waals surface area contributed by atoms with Crippen LogP contribution >= 0.6 is 12.4 Å². The van der Waals surface area contributed by atoms with Crippen LogP contribution in [0.15, 0.2) is 30.3 Å². The van der Waals surface area contributed by atoms with Crippen molar-refractivity contribution in [3.05, 3.63) is 30.3 Å². The summed E-state index contributed by atoms with van der Waals surface area (Å²) in [5.41, 5.74) is 5.76. The van der Waals surface area contributed by atoms with Crippen LogP contribution in [0.25, 0.3) is 0 Å². The average Bonchev–Trinajstić information content (AvgIpc) is 2.77. The van der Waals surface area contributed by atoms with Crippen molar-refractivity contribution in [1.82, 2.24) is 4.90 Å². The van der Waals surface area contributed by atoms with Crippen LogP contribution in [0.2, 0.25) is 0 Å². The molecule has 0 spiro atoms. The fraction of sp³-hybridized carbons (Fsp3) is 0.462. The molecule has 1 heterocycles. The number of para-hydroxylation sites is 1. The van der Waals surface area contributed by atoms with E-state index in [4.69, 9.17) is 10.5 Å². The van der Waals surface area contributed by atoms with Crippen molar-refractivity contribution in [2.75, 3.05) is 19.7 Å². The van der Waals surface area contributed by atoms with Gasteiger partial charge >= 0.3 is 0 Å². The molecule has 18 heavy (non-hydrogen) atoms. The molecule has 0 saturated carbocycles. The Kier molecular flexibility index (Phi) is 5.95. The number of carbonyl (C=O) groups is 1. The van der Waals surface area contributed by atoms with Crippen LogP contribution in [0.4, 0.5) is 0 Å². The zero-order valence-corrected chi connectivity index (χ0v) is 11.1. The molecule has 4 nitrogen and oxygen atoms in total. The smallest absolute Gasteiger partial charge is 0.226 e. The molecule has 1 aliphatic heterocycles. The van der Waals surface area contributed by atoms with Gasteiger partial charge in [0, 0.05) is 19.1 Å². The summed E-state index contributed by atoms with van der Waals surface area (Å²) in [7, 11) is 0. The molecule has 0 bridgehead atoms. The second-order valence-corrected chi connectivity index (χ2v) is 4.30. The zero-order valence-electron chi connectivity index (χ0n) is 10.2. The summed E-state index contributed by atoms with van der Waals surface area (Å²) in [4.78, 5) is 13.6. The van der Waals surface area contributed by atoms with Crippen molar-refractivity contribution < 1.29 is 9.53 Å². The van der Waals surface area contributed by atoms with Crippen LogP contribution < -0.4 is 10.5 Å². The fourth-order valence-corrected chi connectivity index (χ4v) is 1.94. The zero-order chi connectivity index (χ0) is 12.1. The van der Waals surface area contributed by atoms with Gasteiger partial charge in [0.1, 0.15) is 5.75 Å². The first kappa shape index (κ1) is 14.8. The van der Waals surface area contributed by atoms with E-state index >= 15 is 0 Å². The molecule has 1 aromatic rings. The number of amides is 1. The van der Waals surface area contributed by atoms with E-state index in [1.165, 1.54) is 0 Å². The van der Waals surface area contributed by atoms with Crippen LogP contribution in [0.1, 0.15) is 12.8 Å². The standard InChI is InChI=1S/C13H18N2O2.ClH/c14-11-6-8-15(10-11)13(16)7-9-17-12-4-2-1-3-5-12;/h1-5,11H,6-10,14H2;1H. The van der Waals surface area contributed by atoms with Crippen molar-refractivity contribution in [3.63, 3.8) is 0 Å². The summed E-state index contributed by atoms with van der Waals surface area (Å²) in [6, 6.07) is 9.68. The summed E-state index contributed by atoms with van der Waals surface area (Å²) in [6.45, 7) is 1.89. The van der Waals surface area contributed by atoms with Crippen LogP contribution in [0.5, 0.6) is 5.75 Å². The first-order chi connectivity index (χ1) is 8.25. The van der Waals surface area contributed by atoms with Gasteiger partial charge in [0.2, 0.25) is 5.91 Å². The van der Waals surface area contributed by atoms with Crippen molar-refractivity contribution in [2.45, 2.75) is 18.9 Å². The minimum absolute atomic E-state index is 0. The summed E-state index contributed by atoms with van der Waals surface area (Å²) in [5, 5.41) is 0. The largest absolute Gasteiger partial charge is 0.493 e. The van der Waals surface area contributed by atoms with Gasteiger partial charge in [-0.15, -0.1) is 12.4 Å². The molecule has 0 radical (unpaired) electrons. The van der Waals surface area contributed by atoms with E-state index in [0.717, 1.165) is 18.7 Å². The Balaban J connectivity index is 0.00000162. The van der Waals surface area contributed by atoms with E-state index in [9.17, 15) is 4.79 Å². The van der Waals surface area contributed by atoms with Crippen LogP contribution in [0, 0.1) is 0 Å². The normalized spacial score (nSPS) is 18.3. The highest BCUT2D eigenvalue weighted by Crippen LogP contribution is 2.11. The van der Waals surface area contributed by atoms with Gasteiger partial charge in [-0.25, -0.2) is 0 Å². The van der Waals surface area contributed by atoms with Crippen molar-refractivity contribution in [2.24, 2.45) is 5.73 Å². The topological polar surface area (TPSA) is 55.6 Å². The maximum atomic E-state index is 11.8. The lowest BCUT2D eigenvalue weighted by molar-refractivity contribution is -0.130. The Morgan fingerprint density at radius 1 is 1.39 bits per heavy atom. The summed E-state index contributed by atoms with van der Waals surface area (Å²) < 4.78 is 5.48. The monoisotopic (exact) mass is 270 g/mol. The second-order valence-electron chi connectivity index (χ2n) is 4.30. The summed E-state index contributed by atoms with van der Waals surface area (Å²) in [5.74, 6) is 0.937. The molecule has 2 rings (SSSR count). The fourth-order valence-electron chi connectivity index (χ4n) is 1.94. The van der Waals surface area contributed by atoms with Crippen molar-refractivity contribution in [3.8, 4) is 5.75 Å². The number of likely N-dealkylation sites (tertiary alicyclic amines) is 1. The molecule has 1 unspecified atom stereocenters. The Labute approximate surface area is 114 Å². The minimum Gasteiger partial charge on any atom is -0.493 e. The molecule has 1 amide bonds. The molecular formula is C13H19ClN2O2. The predicted octanol–water partition coefficient (Wildman–Crippen LogP) is 1.44. The molecule has 0 aromatic heterocycles. The number of rotatable bonds is 4. The predicted molar refractivity (Wildman–Crippen MR) is 73.0 cm³/mol. The van der Waals surface area contributed by atoms with Gasteiger partial charge in [0.15, 0.2) is 0 Å². The second kappa shape index (κ2) is 7.24. The van der Waals surface area contributed by atoms with Crippen molar-refractivity contribution >= 4 is 18.3 Å². The van der Waals surface area contributed by atoms with Crippen LogP contribution in [-0.2, 0) is 4.79 Å². The molecule has 2 N–H and O–H groups in total. The SMILES string of the molecule is Cl.NC1CCN(C(=O)CCOc2ccccc2)C1. The van der Waals surface area contributed by atoms with Gasteiger partial charge in [-0.1, -0.05) is 18.2 Å². The van der Waals surface area contributed by atoms with Crippen LogP contribution in [-0.4, -0.2) is 36.5 Å². The number of carbonyl (C=O) groups excluding carboxylic acids is 1. The minimum atomic E-state index is 0. The van der Waals surface area contributed by atoms with E-state index in [0.29, 0.717) is 19.6 Å². The van der Waals surface area contributed by atoms with E-state index in [2.05, 4.69) is 0 Å². The highest BCUT2D eigenvalue weighted by atomic mass is 35.5. The third-order valence-corrected chi connectivity index (χ3v) is 2.91. The van der Waals surface area contributed by atoms with Gasteiger partial charge in [-0.2, -0.15) is 0 Å². The van der Waals surface area contributed by atoms with Gasteiger partial charge in [0.25, 0.3) is 0 Å². The molecule has 1 aliphatic rings. The number of benzene rings is 1. The molecule has 100 valence electrons. The quantitative estimate of drug-likeness (QED) is 0.901. The van der Waals surface area contributed by atoms with E-state index in [1.54, 1.807) is 0 Å². The van der Waals surface area contributed by atoms with Gasteiger partial charge < -0.3 is 15.4 Å². The van der Waals surface area contributed by atoms with Crippen molar-refractivity contribution in [1.29, 1.82) is 0 Å². The third kappa shape index (κ3) is 4.20.